The number of nitrogens with zero attached hydrogens (tertiary/aromatic N) is 3. The molecular weight excluding hydrogens is 542 g/mol. The summed E-state index contributed by atoms with van der Waals surface area (Å²) in [4.78, 5) is 42.9. The molecule has 2 aliphatic rings. The topological polar surface area (TPSA) is 114 Å². The maximum Gasteiger partial charge on any atom is 0.417 e. The molecule has 1 fully saturated rings. The molecule has 0 spiro atoms. The van der Waals surface area contributed by atoms with Crippen LogP contribution in [0.3, 0.4) is 0 Å². The summed E-state index contributed by atoms with van der Waals surface area (Å²) in [6.45, 7) is 1.49. The van der Waals surface area contributed by atoms with Gasteiger partial charge in [-0.1, -0.05) is 61.0 Å². The van der Waals surface area contributed by atoms with Crippen molar-refractivity contribution >= 4 is 45.2 Å². The third kappa shape index (κ3) is 5.53. The molecule has 202 valence electrons. The molecule has 0 radical (unpaired) electrons. The third-order valence-corrected chi connectivity index (χ3v) is 8.97. The molecule has 3 heterocycles. The van der Waals surface area contributed by atoms with Crippen LogP contribution in [0.2, 0.25) is 5.02 Å². The molecule has 1 saturated heterocycles. The first-order valence-corrected chi connectivity index (χ1v) is 14.3. The number of anilines is 1. The number of benzene rings is 2. The second-order valence-electron chi connectivity index (χ2n) is 9.68. The summed E-state index contributed by atoms with van der Waals surface area (Å²) in [5.41, 5.74) is 1.97. The Morgan fingerprint density at radius 3 is 2.56 bits per heavy atom. The average Bonchev–Trinajstić information content (AvgIpc) is 3.24. The molecule has 0 N–H and O–H groups in total. The van der Waals surface area contributed by atoms with Crippen molar-refractivity contribution < 1.29 is 27.5 Å². The lowest BCUT2D eigenvalue weighted by atomic mass is 9.93. The molecule has 2 aromatic carbocycles. The van der Waals surface area contributed by atoms with E-state index in [1.54, 1.807) is 24.3 Å². The fourth-order valence-corrected chi connectivity index (χ4v) is 6.68. The number of ether oxygens (including phenoxy) is 1. The van der Waals surface area contributed by atoms with Crippen molar-refractivity contribution in [3.8, 4) is 0 Å². The molecule has 0 bridgehead atoms. The molecule has 11 heteroatoms. The summed E-state index contributed by atoms with van der Waals surface area (Å²) >= 11 is 6.10. The minimum absolute atomic E-state index is 0.00744. The van der Waals surface area contributed by atoms with Crippen LogP contribution in [-0.2, 0) is 37.2 Å². The van der Waals surface area contributed by atoms with Gasteiger partial charge in [-0.05, 0) is 41.8 Å². The van der Waals surface area contributed by atoms with Gasteiger partial charge in [-0.15, -0.1) is 0 Å². The molecule has 0 aliphatic carbocycles. The summed E-state index contributed by atoms with van der Waals surface area (Å²) in [6.07, 6.45) is -0.323. The van der Waals surface area contributed by atoms with Gasteiger partial charge in [0.25, 0.3) is 15.9 Å². The number of Topliss-reactive ketones (excluding diaryl/α,β-unsaturated/α-hetero) is 1. The molecule has 9 nitrogen and oxygen atoms in total. The Labute approximate surface area is 231 Å². The van der Waals surface area contributed by atoms with Gasteiger partial charge < -0.3 is 4.74 Å². The minimum Gasteiger partial charge on any atom is -0.439 e. The molecule has 2 atom stereocenters. The Morgan fingerprint density at radius 1 is 1.10 bits per heavy atom. The lowest BCUT2D eigenvalue weighted by Crippen LogP contribution is -2.45. The number of ketones is 1. The van der Waals surface area contributed by atoms with E-state index in [-0.39, 0.29) is 53.6 Å². The van der Waals surface area contributed by atoms with Gasteiger partial charge in [0.2, 0.25) is 0 Å². The molecule has 5 rings (SSSR count). The van der Waals surface area contributed by atoms with Gasteiger partial charge in [0.15, 0.2) is 6.61 Å². The highest BCUT2D eigenvalue weighted by Gasteiger charge is 2.39. The highest BCUT2D eigenvalue weighted by Crippen LogP contribution is 2.34. The van der Waals surface area contributed by atoms with E-state index in [1.807, 2.05) is 37.3 Å². The summed E-state index contributed by atoms with van der Waals surface area (Å²) in [6, 6.07) is 18.8. The number of imide groups is 1. The number of amides is 2. The summed E-state index contributed by atoms with van der Waals surface area (Å²) in [5, 5.41) is 0.262. The van der Waals surface area contributed by atoms with Crippen molar-refractivity contribution in [1.82, 2.24) is 9.88 Å². The predicted octanol–water partition coefficient (Wildman–Crippen LogP) is 4.00. The number of carbonyl (C=O) groups is 3. The van der Waals surface area contributed by atoms with Crippen LogP contribution in [0.25, 0.3) is 0 Å². The second kappa shape index (κ2) is 10.8. The van der Waals surface area contributed by atoms with Crippen LogP contribution in [-0.4, -0.2) is 55.8 Å². The van der Waals surface area contributed by atoms with Gasteiger partial charge in [-0.3, -0.25) is 9.59 Å². The van der Waals surface area contributed by atoms with Crippen LogP contribution >= 0.6 is 11.6 Å². The average molecular weight is 568 g/mol. The van der Waals surface area contributed by atoms with Crippen LogP contribution in [0, 0.1) is 5.92 Å². The fraction of sp³-hybridized carbons (Fsp3) is 0.286. The van der Waals surface area contributed by atoms with Crippen molar-refractivity contribution in [2.24, 2.45) is 5.92 Å². The molecule has 1 unspecified atom stereocenters. The number of hydrogen-bond acceptors (Lipinski definition) is 7. The van der Waals surface area contributed by atoms with Gasteiger partial charge in [0, 0.05) is 36.4 Å². The largest absolute Gasteiger partial charge is 0.439 e. The fourth-order valence-electron chi connectivity index (χ4n) is 4.85. The number of rotatable bonds is 8. The Bertz CT molecular complexity index is 1530. The van der Waals surface area contributed by atoms with E-state index in [0.29, 0.717) is 17.7 Å². The van der Waals surface area contributed by atoms with Gasteiger partial charge in [0.1, 0.15) is 11.6 Å². The van der Waals surface area contributed by atoms with E-state index in [9.17, 15) is 22.8 Å². The number of aromatic nitrogens is 1. The van der Waals surface area contributed by atoms with E-state index < -0.39 is 27.9 Å². The first kappa shape index (κ1) is 26.8. The zero-order valence-corrected chi connectivity index (χ0v) is 22.7. The van der Waals surface area contributed by atoms with E-state index in [4.69, 9.17) is 16.3 Å². The first-order chi connectivity index (χ1) is 18.6. The van der Waals surface area contributed by atoms with Crippen molar-refractivity contribution in [2.45, 2.75) is 30.6 Å². The van der Waals surface area contributed by atoms with Gasteiger partial charge >= 0.3 is 6.09 Å². The minimum atomic E-state index is -4.11. The van der Waals surface area contributed by atoms with Crippen LogP contribution in [0.5, 0.6) is 0 Å². The van der Waals surface area contributed by atoms with Crippen LogP contribution in [0.15, 0.2) is 71.6 Å². The summed E-state index contributed by atoms with van der Waals surface area (Å²) in [5.74, 6) is -1.03. The number of fused-ring (bicyclic) bond motifs is 1. The summed E-state index contributed by atoms with van der Waals surface area (Å²) < 4.78 is 33.7. The molecule has 39 heavy (non-hydrogen) atoms. The van der Waals surface area contributed by atoms with E-state index >= 15 is 0 Å². The molecule has 3 aromatic rings. The van der Waals surface area contributed by atoms with Crippen molar-refractivity contribution in [1.29, 1.82) is 0 Å². The number of halogens is 1. The standard InChI is InChI=1S/C28H26ClN3O6S/c1-18(20-6-3-2-4-7-20)25(33)14-23-11-10-21-12-19(15-31-26(34)17-38-28(31)35)16-32(27(21)30-23)39(36,37)24-9-5-8-22(29)13-24/h2-11,13,18-19H,12,14-17H2,1H3/t18-,19?/m0/s1. The van der Waals surface area contributed by atoms with E-state index in [2.05, 4.69) is 4.98 Å². The number of pyridine rings is 1. The van der Waals surface area contributed by atoms with E-state index in [1.165, 1.54) is 16.4 Å². The Kier molecular flexibility index (Phi) is 7.42. The van der Waals surface area contributed by atoms with Crippen molar-refractivity contribution in [3.63, 3.8) is 0 Å². The molecule has 2 amide bonds. The van der Waals surface area contributed by atoms with E-state index in [0.717, 1.165) is 10.5 Å². The highest BCUT2D eigenvalue weighted by molar-refractivity contribution is 7.92. The number of sulfonamides is 1. The second-order valence-corrected chi connectivity index (χ2v) is 12.0. The number of cyclic esters (lactones) is 1. The zero-order valence-electron chi connectivity index (χ0n) is 21.1. The highest BCUT2D eigenvalue weighted by atomic mass is 35.5. The monoisotopic (exact) mass is 567 g/mol. The molecule has 1 aromatic heterocycles. The van der Waals surface area contributed by atoms with Gasteiger partial charge in [-0.25, -0.2) is 27.4 Å². The molecule has 0 saturated carbocycles. The van der Waals surface area contributed by atoms with Crippen LogP contribution in [0.1, 0.15) is 29.7 Å². The number of carbonyl (C=O) groups excluding carboxylic acids is 3. The van der Waals surface area contributed by atoms with Crippen LogP contribution < -0.4 is 4.31 Å². The zero-order chi connectivity index (χ0) is 27.7. The van der Waals surface area contributed by atoms with Crippen molar-refractivity contribution in [2.75, 3.05) is 24.0 Å². The lowest BCUT2D eigenvalue weighted by Gasteiger charge is -2.35. The molecule has 2 aliphatic heterocycles. The van der Waals surface area contributed by atoms with Gasteiger partial charge in [0.05, 0.1) is 10.6 Å². The Morgan fingerprint density at radius 2 is 1.87 bits per heavy atom. The first-order valence-electron chi connectivity index (χ1n) is 12.5. The smallest absolute Gasteiger partial charge is 0.417 e. The normalized spacial score (nSPS) is 18.1. The Hall–Kier alpha value is -3.76. The SMILES string of the molecule is C[C@H](C(=O)Cc1ccc2c(n1)N(S(=O)(=O)c1cccc(Cl)c1)CC(CN1C(=O)COC1=O)C2)c1ccccc1. The molecular formula is C28H26ClN3O6S. The summed E-state index contributed by atoms with van der Waals surface area (Å²) in [7, 11) is -4.11. The third-order valence-electron chi connectivity index (χ3n) is 6.99. The quantitative estimate of drug-likeness (QED) is 0.404. The Balaban J connectivity index is 1.48. The van der Waals surface area contributed by atoms with Gasteiger partial charge in [-0.2, -0.15) is 0 Å². The van der Waals surface area contributed by atoms with Crippen molar-refractivity contribution in [3.05, 3.63) is 88.6 Å². The predicted molar refractivity (Wildman–Crippen MR) is 144 cm³/mol. The number of hydrogen-bond donors (Lipinski definition) is 0. The maximum atomic E-state index is 13.8. The maximum absolute atomic E-state index is 13.8. The van der Waals surface area contributed by atoms with Crippen LogP contribution in [0.4, 0.5) is 10.6 Å². The lowest BCUT2D eigenvalue weighted by molar-refractivity contribution is -0.126.